The SMILES string of the molecule is FC1=NC=CCO1. The van der Waals surface area contributed by atoms with Gasteiger partial charge < -0.3 is 4.74 Å². The third-order valence-electron chi connectivity index (χ3n) is 0.580. The molecule has 0 atom stereocenters. The molecule has 0 bridgehead atoms. The molecule has 38 valence electrons. The summed E-state index contributed by atoms with van der Waals surface area (Å²) in [6.07, 6.45) is 2.25. The first-order valence-corrected chi connectivity index (χ1v) is 1.91. The quantitative estimate of drug-likeness (QED) is 0.443. The summed E-state index contributed by atoms with van der Waals surface area (Å²) in [6, 6.07) is 0. The molecule has 0 N–H and O–H groups in total. The lowest BCUT2D eigenvalue weighted by molar-refractivity contribution is 0.296. The van der Waals surface area contributed by atoms with Crippen molar-refractivity contribution in [1.82, 2.24) is 0 Å². The summed E-state index contributed by atoms with van der Waals surface area (Å²) in [7, 11) is 0. The minimum Gasteiger partial charge on any atom is -0.452 e. The molecule has 0 aliphatic carbocycles. The zero-order chi connectivity index (χ0) is 5.11. The maximum Gasteiger partial charge on any atom is 0.376 e. The number of hydrogen-bond acceptors (Lipinski definition) is 2. The summed E-state index contributed by atoms with van der Waals surface area (Å²) in [5.41, 5.74) is 0. The number of hydrogen-bond donors (Lipinski definition) is 0. The van der Waals surface area contributed by atoms with E-state index in [2.05, 4.69) is 9.73 Å². The van der Waals surface area contributed by atoms with E-state index in [1.807, 2.05) is 0 Å². The van der Waals surface area contributed by atoms with Crippen LogP contribution in [0.1, 0.15) is 0 Å². The molecule has 0 saturated heterocycles. The molecule has 1 heterocycles. The number of ether oxygens (including phenoxy) is 1. The van der Waals surface area contributed by atoms with Crippen LogP contribution in [0.2, 0.25) is 0 Å². The molecule has 0 saturated carbocycles. The third kappa shape index (κ3) is 0.994. The van der Waals surface area contributed by atoms with Crippen LogP contribution < -0.4 is 0 Å². The van der Waals surface area contributed by atoms with Gasteiger partial charge in [0.25, 0.3) is 0 Å². The van der Waals surface area contributed by atoms with Gasteiger partial charge in [-0.1, -0.05) is 0 Å². The van der Waals surface area contributed by atoms with Crippen molar-refractivity contribution in [2.45, 2.75) is 0 Å². The van der Waals surface area contributed by atoms with E-state index in [1.165, 1.54) is 6.20 Å². The highest BCUT2D eigenvalue weighted by molar-refractivity contribution is 5.66. The van der Waals surface area contributed by atoms with E-state index in [-0.39, 0.29) is 0 Å². The minimum absolute atomic E-state index is 0.301. The monoisotopic (exact) mass is 101 g/mol. The Morgan fingerprint density at radius 2 is 2.71 bits per heavy atom. The van der Waals surface area contributed by atoms with Gasteiger partial charge in [0, 0.05) is 6.20 Å². The number of nitrogens with zero attached hydrogens (tertiary/aromatic N) is 1. The maximum atomic E-state index is 11.7. The molecule has 0 aromatic rings. The lowest BCUT2D eigenvalue weighted by Gasteiger charge is -1.98. The summed E-state index contributed by atoms with van der Waals surface area (Å²) < 4.78 is 15.9. The average Bonchev–Trinajstić information content (AvgIpc) is 1.69. The first-order valence-electron chi connectivity index (χ1n) is 1.91. The summed E-state index contributed by atoms with van der Waals surface area (Å²) >= 11 is 0. The smallest absolute Gasteiger partial charge is 0.376 e. The van der Waals surface area contributed by atoms with Gasteiger partial charge >= 0.3 is 6.15 Å². The van der Waals surface area contributed by atoms with E-state index in [9.17, 15) is 4.39 Å². The van der Waals surface area contributed by atoms with Gasteiger partial charge in [-0.25, -0.2) is 0 Å². The van der Waals surface area contributed by atoms with Crippen molar-refractivity contribution in [3.8, 4) is 0 Å². The van der Waals surface area contributed by atoms with E-state index in [1.54, 1.807) is 6.08 Å². The molecule has 0 fully saturated rings. The van der Waals surface area contributed by atoms with Crippen LogP contribution in [0.3, 0.4) is 0 Å². The van der Waals surface area contributed by atoms with Crippen LogP contribution in [-0.4, -0.2) is 12.8 Å². The molecular weight excluding hydrogens is 97.0 g/mol. The Morgan fingerprint density at radius 1 is 1.86 bits per heavy atom. The van der Waals surface area contributed by atoms with Crippen molar-refractivity contribution in [2.24, 2.45) is 4.99 Å². The van der Waals surface area contributed by atoms with E-state index >= 15 is 0 Å². The second-order valence-electron chi connectivity index (χ2n) is 1.08. The van der Waals surface area contributed by atoms with Crippen LogP contribution in [0.15, 0.2) is 17.3 Å². The predicted octanol–water partition coefficient (Wildman–Crippen LogP) is 0.856. The first-order chi connectivity index (χ1) is 3.39. The molecule has 0 aromatic carbocycles. The van der Waals surface area contributed by atoms with Gasteiger partial charge in [-0.2, -0.15) is 4.99 Å². The van der Waals surface area contributed by atoms with Crippen molar-refractivity contribution in [3.63, 3.8) is 0 Å². The zero-order valence-electron chi connectivity index (χ0n) is 3.60. The largest absolute Gasteiger partial charge is 0.452 e. The van der Waals surface area contributed by atoms with Crippen LogP contribution >= 0.6 is 0 Å². The second kappa shape index (κ2) is 1.73. The molecule has 0 radical (unpaired) electrons. The molecule has 1 aliphatic rings. The van der Waals surface area contributed by atoms with Crippen LogP contribution in [0, 0.1) is 0 Å². The van der Waals surface area contributed by atoms with Crippen molar-refractivity contribution in [2.75, 3.05) is 6.61 Å². The Hall–Kier alpha value is -0.860. The highest BCUT2D eigenvalue weighted by atomic mass is 19.1. The van der Waals surface area contributed by atoms with Gasteiger partial charge in [-0.3, -0.25) is 0 Å². The fourth-order valence-electron chi connectivity index (χ4n) is 0.308. The fourth-order valence-corrected chi connectivity index (χ4v) is 0.308. The molecule has 0 unspecified atom stereocenters. The number of halogens is 1. The standard InChI is InChI=1S/C4H4FNO/c5-4-6-2-1-3-7-4/h1-2H,3H2. The van der Waals surface area contributed by atoms with Gasteiger partial charge in [0.05, 0.1) is 0 Å². The van der Waals surface area contributed by atoms with E-state index in [4.69, 9.17) is 0 Å². The van der Waals surface area contributed by atoms with E-state index < -0.39 is 6.15 Å². The molecule has 0 spiro atoms. The Labute approximate surface area is 40.3 Å². The zero-order valence-corrected chi connectivity index (χ0v) is 3.60. The van der Waals surface area contributed by atoms with E-state index in [0.717, 1.165) is 0 Å². The van der Waals surface area contributed by atoms with Crippen molar-refractivity contribution >= 4 is 6.15 Å². The summed E-state index contributed by atoms with van der Waals surface area (Å²) in [5.74, 6) is 0. The van der Waals surface area contributed by atoms with E-state index in [0.29, 0.717) is 6.61 Å². The third-order valence-corrected chi connectivity index (χ3v) is 0.580. The summed E-state index contributed by atoms with van der Waals surface area (Å²) in [5, 5.41) is 0. The second-order valence-corrected chi connectivity index (χ2v) is 1.08. The minimum atomic E-state index is -0.748. The lowest BCUT2D eigenvalue weighted by atomic mass is 10.6. The Morgan fingerprint density at radius 3 is 3.00 bits per heavy atom. The molecule has 0 amide bonds. The Balaban J connectivity index is 2.57. The van der Waals surface area contributed by atoms with Gasteiger partial charge in [0.2, 0.25) is 0 Å². The highest BCUT2D eigenvalue weighted by Gasteiger charge is 1.94. The first kappa shape index (κ1) is 4.30. The van der Waals surface area contributed by atoms with Gasteiger partial charge in [-0.05, 0) is 6.08 Å². The van der Waals surface area contributed by atoms with Crippen molar-refractivity contribution in [3.05, 3.63) is 12.3 Å². The molecule has 2 nitrogen and oxygen atoms in total. The molecule has 0 aromatic heterocycles. The van der Waals surface area contributed by atoms with Gasteiger partial charge in [-0.15, -0.1) is 4.39 Å². The van der Waals surface area contributed by atoms with Crippen molar-refractivity contribution < 1.29 is 9.13 Å². The van der Waals surface area contributed by atoms with Gasteiger partial charge in [0.1, 0.15) is 6.61 Å². The fraction of sp³-hybridized carbons (Fsp3) is 0.250. The normalized spacial score (nSPS) is 18.1. The molecule has 7 heavy (non-hydrogen) atoms. The maximum absolute atomic E-state index is 11.7. The lowest BCUT2D eigenvalue weighted by Crippen LogP contribution is -1.99. The molecule has 1 rings (SSSR count). The average molecular weight is 101 g/mol. The molecular formula is C4H4FNO. The molecule has 1 aliphatic heterocycles. The highest BCUT2D eigenvalue weighted by Crippen LogP contribution is 1.92. The van der Waals surface area contributed by atoms with Crippen LogP contribution in [0.5, 0.6) is 0 Å². The predicted molar refractivity (Wildman–Crippen MR) is 23.6 cm³/mol. The Bertz CT molecular complexity index is 119. The summed E-state index contributed by atoms with van der Waals surface area (Å²) in [4.78, 5) is 3.18. The number of aliphatic imine (C=N–C) groups is 1. The Kier molecular flexibility index (Phi) is 1.06. The van der Waals surface area contributed by atoms with Crippen LogP contribution in [-0.2, 0) is 4.74 Å². The summed E-state index contributed by atoms with van der Waals surface area (Å²) in [6.45, 7) is 0.301. The van der Waals surface area contributed by atoms with Gasteiger partial charge in [0.15, 0.2) is 0 Å². The number of rotatable bonds is 0. The van der Waals surface area contributed by atoms with Crippen molar-refractivity contribution in [1.29, 1.82) is 0 Å². The van der Waals surface area contributed by atoms with Crippen LogP contribution in [0.25, 0.3) is 0 Å². The molecule has 3 heteroatoms. The van der Waals surface area contributed by atoms with Crippen LogP contribution in [0.4, 0.5) is 4.39 Å². The topological polar surface area (TPSA) is 21.6 Å².